The summed E-state index contributed by atoms with van der Waals surface area (Å²) >= 11 is 0. The van der Waals surface area contributed by atoms with Crippen LogP contribution in [0.2, 0.25) is 0 Å². The largest absolute Gasteiger partial charge is 0.381 e. The molecule has 1 aromatic rings. The summed E-state index contributed by atoms with van der Waals surface area (Å²) < 4.78 is 0. The van der Waals surface area contributed by atoms with E-state index in [0.29, 0.717) is 6.04 Å². The zero-order chi connectivity index (χ0) is 13.7. The minimum Gasteiger partial charge on any atom is -0.381 e. The second kappa shape index (κ2) is 6.61. The molecule has 1 saturated carbocycles. The molecular formula is C17H24N2. The van der Waals surface area contributed by atoms with Crippen LogP contribution >= 0.6 is 0 Å². The van der Waals surface area contributed by atoms with Crippen molar-refractivity contribution in [1.29, 1.82) is 5.26 Å². The standard InChI is InChI=1S/C17H24N2/c1-3-16(14-7-5-4-6-8-14)19-17-11-13(2)9-10-15(17)12-18/h9-11,14,16,19H,3-8H2,1-2H3. The Morgan fingerprint density at radius 3 is 2.68 bits per heavy atom. The Labute approximate surface area is 116 Å². The monoisotopic (exact) mass is 256 g/mol. The second-order valence-corrected chi connectivity index (χ2v) is 5.72. The molecule has 0 heterocycles. The summed E-state index contributed by atoms with van der Waals surface area (Å²) in [5, 5.41) is 12.9. The van der Waals surface area contributed by atoms with Crippen molar-refractivity contribution in [3.05, 3.63) is 29.3 Å². The van der Waals surface area contributed by atoms with Crippen LogP contribution in [0.25, 0.3) is 0 Å². The molecule has 1 unspecified atom stereocenters. The molecule has 1 fully saturated rings. The van der Waals surface area contributed by atoms with Crippen LogP contribution in [0.4, 0.5) is 5.69 Å². The van der Waals surface area contributed by atoms with Gasteiger partial charge in [-0.3, -0.25) is 0 Å². The Morgan fingerprint density at radius 2 is 2.05 bits per heavy atom. The predicted molar refractivity (Wildman–Crippen MR) is 80.2 cm³/mol. The Hall–Kier alpha value is -1.49. The molecule has 0 saturated heterocycles. The van der Waals surface area contributed by atoms with Gasteiger partial charge < -0.3 is 5.32 Å². The third kappa shape index (κ3) is 3.50. The van der Waals surface area contributed by atoms with Crippen LogP contribution in [-0.4, -0.2) is 6.04 Å². The molecule has 19 heavy (non-hydrogen) atoms. The van der Waals surface area contributed by atoms with Gasteiger partial charge in [0.25, 0.3) is 0 Å². The summed E-state index contributed by atoms with van der Waals surface area (Å²) in [6.07, 6.45) is 7.91. The van der Waals surface area contributed by atoms with Crippen LogP contribution in [-0.2, 0) is 0 Å². The summed E-state index contributed by atoms with van der Waals surface area (Å²) in [5.74, 6) is 0.769. The SMILES string of the molecule is CCC(Nc1cc(C)ccc1C#N)C1CCCCC1. The third-order valence-corrected chi connectivity index (χ3v) is 4.30. The van der Waals surface area contributed by atoms with E-state index in [9.17, 15) is 5.26 Å². The van der Waals surface area contributed by atoms with Crippen molar-refractivity contribution < 1.29 is 0 Å². The Morgan fingerprint density at radius 1 is 1.32 bits per heavy atom. The summed E-state index contributed by atoms with van der Waals surface area (Å²) in [6, 6.07) is 8.83. The zero-order valence-electron chi connectivity index (χ0n) is 12.1. The van der Waals surface area contributed by atoms with Gasteiger partial charge in [-0.15, -0.1) is 0 Å². The average Bonchev–Trinajstić information content (AvgIpc) is 2.46. The molecule has 1 atom stereocenters. The zero-order valence-corrected chi connectivity index (χ0v) is 12.1. The molecule has 0 aliphatic heterocycles. The fraction of sp³-hybridized carbons (Fsp3) is 0.588. The van der Waals surface area contributed by atoms with Crippen molar-refractivity contribution in [3.63, 3.8) is 0 Å². The highest BCUT2D eigenvalue weighted by Gasteiger charge is 2.22. The highest BCUT2D eigenvalue weighted by molar-refractivity contribution is 5.59. The highest BCUT2D eigenvalue weighted by atomic mass is 14.9. The molecule has 1 aromatic carbocycles. The molecule has 2 nitrogen and oxygen atoms in total. The molecule has 0 amide bonds. The molecule has 1 aliphatic rings. The van der Waals surface area contributed by atoms with Crippen molar-refractivity contribution in [2.75, 3.05) is 5.32 Å². The molecule has 0 radical (unpaired) electrons. The van der Waals surface area contributed by atoms with Gasteiger partial charge in [0.1, 0.15) is 6.07 Å². The van der Waals surface area contributed by atoms with Gasteiger partial charge in [-0.05, 0) is 49.8 Å². The first-order chi connectivity index (χ1) is 9.24. The van der Waals surface area contributed by atoms with Crippen molar-refractivity contribution >= 4 is 5.69 Å². The van der Waals surface area contributed by atoms with E-state index in [-0.39, 0.29) is 0 Å². The van der Waals surface area contributed by atoms with Crippen molar-refractivity contribution in [1.82, 2.24) is 0 Å². The van der Waals surface area contributed by atoms with Crippen LogP contribution in [0.15, 0.2) is 18.2 Å². The lowest BCUT2D eigenvalue weighted by Gasteiger charge is -2.31. The fourth-order valence-electron chi connectivity index (χ4n) is 3.16. The van der Waals surface area contributed by atoms with Gasteiger partial charge in [0.2, 0.25) is 0 Å². The summed E-state index contributed by atoms with van der Waals surface area (Å²) in [4.78, 5) is 0. The van der Waals surface area contributed by atoms with Gasteiger partial charge in [0, 0.05) is 6.04 Å². The number of nitriles is 1. The maximum absolute atomic E-state index is 9.22. The van der Waals surface area contributed by atoms with E-state index >= 15 is 0 Å². The Balaban J connectivity index is 2.13. The van der Waals surface area contributed by atoms with E-state index in [0.717, 1.165) is 23.6 Å². The number of rotatable bonds is 4. The number of hydrogen-bond donors (Lipinski definition) is 1. The third-order valence-electron chi connectivity index (χ3n) is 4.30. The van der Waals surface area contributed by atoms with Crippen LogP contribution in [0.3, 0.4) is 0 Å². The number of benzene rings is 1. The van der Waals surface area contributed by atoms with Gasteiger partial charge in [0.05, 0.1) is 11.3 Å². The van der Waals surface area contributed by atoms with Gasteiger partial charge in [-0.1, -0.05) is 32.3 Å². The number of nitrogens with zero attached hydrogens (tertiary/aromatic N) is 1. The molecule has 2 rings (SSSR count). The second-order valence-electron chi connectivity index (χ2n) is 5.72. The van der Waals surface area contributed by atoms with E-state index in [1.807, 2.05) is 12.1 Å². The summed E-state index contributed by atoms with van der Waals surface area (Å²) in [7, 11) is 0. The van der Waals surface area contributed by atoms with E-state index in [1.165, 1.54) is 37.7 Å². The first-order valence-electron chi connectivity index (χ1n) is 7.52. The number of hydrogen-bond acceptors (Lipinski definition) is 2. The van der Waals surface area contributed by atoms with Crippen LogP contribution in [0, 0.1) is 24.2 Å². The van der Waals surface area contributed by atoms with Crippen molar-refractivity contribution in [2.24, 2.45) is 5.92 Å². The minimum atomic E-state index is 0.509. The Kier molecular flexibility index (Phi) is 4.85. The average molecular weight is 256 g/mol. The van der Waals surface area contributed by atoms with Gasteiger partial charge >= 0.3 is 0 Å². The first kappa shape index (κ1) is 13.9. The van der Waals surface area contributed by atoms with E-state index in [2.05, 4.69) is 31.3 Å². The van der Waals surface area contributed by atoms with Gasteiger partial charge in [0.15, 0.2) is 0 Å². The molecule has 0 spiro atoms. The number of aryl methyl sites for hydroxylation is 1. The molecule has 102 valence electrons. The molecule has 0 bridgehead atoms. The highest BCUT2D eigenvalue weighted by Crippen LogP contribution is 2.30. The van der Waals surface area contributed by atoms with E-state index in [4.69, 9.17) is 0 Å². The maximum atomic E-state index is 9.22. The molecule has 2 heteroatoms. The lowest BCUT2D eigenvalue weighted by molar-refractivity contribution is 0.313. The van der Waals surface area contributed by atoms with Crippen molar-refractivity contribution in [2.45, 2.75) is 58.4 Å². The van der Waals surface area contributed by atoms with Gasteiger partial charge in [-0.25, -0.2) is 0 Å². The number of nitrogens with one attached hydrogen (secondary N) is 1. The molecule has 0 aromatic heterocycles. The smallest absolute Gasteiger partial charge is 0.101 e. The maximum Gasteiger partial charge on any atom is 0.101 e. The normalized spacial score (nSPS) is 17.7. The topological polar surface area (TPSA) is 35.8 Å². The molecule has 1 aliphatic carbocycles. The minimum absolute atomic E-state index is 0.509. The lowest BCUT2D eigenvalue weighted by Crippen LogP contribution is -2.30. The van der Waals surface area contributed by atoms with Crippen molar-refractivity contribution in [3.8, 4) is 6.07 Å². The molecule has 1 N–H and O–H groups in total. The van der Waals surface area contributed by atoms with Crippen LogP contribution in [0.5, 0.6) is 0 Å². The number of anilines is 1. The molecular weight excluding hydrogens is 232 g/mol. The van der Waals surface area contributed by atoms with Gasteiger partial charge in [-0.2, -0.15) is 5.26 Å². The summed E-state index contributed by atoms with van der Waals surface area (Å²) in [6.45, 7) is 4.32. The first-order valence-corrected chi connectivity index (χ1v) is 7.52. The van der Waals surface area contributed by atoms with E-state index in [1.54, 1.807) is 0 Å². The van der Waals surface area contributed by atoms with E-state index < -0.39 is 0 Å². The lowest BCUT2D eigenvalue weighted by atomic mass is 9.82. The predicted octanol–water partition coefficient (Wildman–Crippen LogP) is 4.64. The summed E-state index contributed by atoms with van der Waals surface area (Å²) in [5.41, 5.74) is 2.99. The fourth-order valence-corrected chi connectivity index (χ4v) is 3.16. The van der Waals surface area contributed by atoms with Crippen LogP contribution < -0.4 is 5.32 Å². The quantitative estimate of drug-likeness (QED) is 0.852. The Bertz CT molecular complexity index is 453. The van der Waals surface area contributed by atoms with Crippen LogP contribution in [0.1, 0.15) is 56.6 Å².